The number of ether oxygens (including phenoxy) is 1. The van der Waals surface area contributed by atoms with Gasteiger partial charge in [0.05, 0.1) is 12.4 Å². The summed E-state index contributed by atoms with van der Waals surface area (Å²) in [6.45, 7) is 1.61. The third-order valence-corrected chi connectivity index (χ3v) is 4.25. The number of methoxy groups -OCH3 is 1. The van der Waals surface area contributed by atoms with Crippen molar-refractivity contribution >= 4 is 17.5 Å². The van der Waals surface area contributed by atoms with E-state index in [2.05, 4.69) is 10.2 Å². The number of halogens is 3. The van der Waals surface area contributed by atoms with Gasteiger partial charge in [0.2, 0.25) is 5.82 Å². The summed E-state index contributed by atoms with van der Waals surface area (Å²) in [7, 11) is 2.73. The normalized spacial score (nSPS) is 13.0. The van der Waals surface area contributed by atoms with Crippen molar-refractivity contribution in [1.29, 1.82) is 0 Å². The Morgan fingerprint density at radius 3 is 2.35 bits per heavy atom. The molecule has 0 radical (unpaired) electrons. The van der Waals surface area contributed by atoms with Gasteiger partial charge in [-0.05, 0) is 31.2 Å². The summed E-state index contributed by atoms with van der Waals surface area (Å²) in [5.74, 6) is -0.691. The number of thioether (sulfide) groups is 1. The Labute approximate surface area is 134 Å². The number of Topliss-reactive ketones (excluding diaryl/α,β-unsaturated/α-hetero) is 1. The maximum Gasteiger partial charge on any atom is 0.451 e. The van der Waals surface area contributed by atoms with Gasteiger partial charge in [-0.2, -0.15) is 13.2 Å². The van der Waals surface area contributed by atoms with Gasteiger partial charge < -0.3 is 9.30 Å². The van der Waals surface area contributed by atoms with Crippen molar-refractivity contribution in [2.75, 3.05) is 7.11 Å². The molecule has 1 aromatic carbocycles. The van der Waals surface area contributed by atoms with E-state index in [1.54, 1.807) is 31.2 Å². The second-order valence-corrected chi connectivity index (χ2v) is 6.02. The maximum absolute atomic E-state index is 12.7. The molecule has 5 nitrogen and oxygen atoms in total. The van der Waals surface area contributed by atoms with Gasteiger partial charge in [-0.15, -0.1) is 10.2 Å². The van der Waals surface area contributed by atoms with Gasteiger partial charge in [0.1, 0.15) is 5.75 Å². The van der Waals surface area contributed by atoms with Crippen molar-refractivity contribution in [2.45, 2.75) is 23.5 Å². The first-order valence-corrected chi connectivity index (χ1v) is 7.43. The Balaban J connectivity index is 2.13. The minimum Gasteiger partial charge on any atom is -0.497 e. The van der Waals surface area contributed by atoms with Crippen molar-refractivity contribution in [1.82, 2.24) is 14.8 Å². The van der Waals surface area contributed by atoms with Crippen LogP contribution in [0.15, 0.2) is 29.4 Å². The predicted octanol–water partition coefficient (Wildman–Crippen LogP) is 3.21. The predicted molar refractivity (Wildman–Crippen MR) is 78.6 cm³/mol. The molecular formula is C14H14F3N3O2S. The number of hydrogen-bond acceptors (Lipinski definition) is 5. The van der Waals surface area contributed by atoms with Crippen molar-refractivity contribution in [2.24, 2.45) is 7.05 Å². The summed E-state index contributed by atoms with van der Waals surface area (Å²) < 4.78 is 43.9. The first-order chi connectivity index (χ1) is 10.7. The Morgan fingerprint density at radius 2 is 1.87 bits per heavy atom. The highest BCUT2D eigenvalue weighted by Crippen LogP contribution is 2.31. The Kier molecular flexibility index (Phi) is 4.98. The lowest BCUT2D eigenvalue weighted by Crippen LogP contribution is -2.16. The quantitative estimate of drug-likeness (QED) is 0.615. The van der Waals surface area contributed by atoms with Crippen LogP contribution in [0.2, 0.25) is 0 Å². The summed E-state index contributed by atoms with van der Waals surface area (Å²) in [6.07, 6.45) is -4.58. The minimum absolute atomic E-state index is 0.0340. The molecule has 2 aromatic rings. The molecule has 1 heterocycles. The monoisotopic (exact) mass is 345 g/mol. The van der Waals surface area contributed by atoms with E-state index < -0.39 is 17.3 Å². The van der Waals surface area contributed by atoms with E-state index in [4.69, 9.17) is 4.74 Å². The highest BCUT2D eigenvalue weighted by atomic mass is 32.2. The van der Waals surface area contributed by atoms with Crippen molar-refractivity contribution in [3.63, 3.8) is 0 Å². The van der Waals surface area contributed by atoms with Crippen LogP contribution in [-0.4, -0.2) is 32.9 Å². The molecule has 0 aliphatic rings. The van der Waals surface area contributed by atoms with Crippen molar-refractivity contribution in [3.8, 4) is 5.75 Å². The lowest BCUT2D eigenvalue weighted by Gasteiger charge is -2.11. The first-order valence-electron chi connectivity index (χ1n) is 6.55. The third kappa shape index (κ3) is 3.84. The molecule has 0 aliphatic carbocycles. The Hall–Kier alpha value is -2.03. The van der Waals surface area contributed by atoms with Crippen LogP contribution in [0.25, 0.3) is 0 Å². The van der Waals surface area contributed by atoms with Crippen LogP contribution in [-0.2, 0) is 13.2 Å². The van der Waals surface area contributed by atoms with E-state index in [1.807, 2.05) is 0 Å². The molecular weight excluding hydrogens is 331 g/mol. The van der Waals surface area contributed by atoms with Crippen LogP contribution < -0.4 is 4.74 Å². The van der Waals surface area contributed by atoms with E-state index in [-0.39, 0.29) is 10.9 Å². The van der Waals surface area contributed by atoms with E-state index in [1.165, 1.54) is 14.2 Å². The molecule has 0 bridgehead atoms. The summed E-state index contributed by atoms with van der Waals surface area (Å²) in [4.78, 5) is 12.3. The van der Waals surface area contributed by atoms with E-state index in [0.29, 0.717) is 11.3 Å². The summed E-state index contributed by atoms with van der Waals surface area (Å²) in [5.41, 5.74) is 0.448. The number of carbonyl (C=O) groups excluding carboxylic acids is 1. The van der Waals surface area contributed by atoms with Gasteiger partial charge in [-0.1, -0.05) is 11.8 Å². The molecule has 1 atom stereocenters. The first kappa shape index (κ1) is 17.3. The number of benzene rings is 1. The SMILES string of the molecule is COc1ccc(C(=O)[C@H](C)Sc2nnc(C(F)(F)F)n2C)cc1. The van der Waals surface area contributed by atoms with Crippen LogP contribution in [0.4, 0.5) is 13.2 Å². The fourth-order valence-corrected chi connectivity index (χ4v) is 2.76. The lowest BCUT2D eigenvalue weighted by atomic mass is 10.1. The average Bonchev–Trinajstić information content (AvgIpc) is 2.87. The molecule has 124 valence electrons. The van der Waals surface area contributed by atoms with Crippen LogP contribution in [0.3, 0.4) is 0 Å². The topological polar surface area (TPSA) is 57.0 Å². The second kappa shape index (κ2) is 6.61. The smallest absolute Gasteiger partial charge is 0.451 e. The van der Waals surface area contributed by atoms with Gasteiger partial charge in [0, 0.05) is 12.6 Å². The molecule has 1 aromatic heterocycles. The molecule has 23 heavy (non-hydrogen) atoms. The highest BCUT2D eigenvalue weighted by molar-refractivity contribution is 8.00. The molecule has 0 amide bonds. The summed E-state index contributed by atoms with van der Waals surface area (Å²) >= 11 is 0.929. The zero-order valence-electron chi connectivity index (χ0n) is 12.6. The lowest BCUT2D eigenvalue weighted by molar-refractivity contribution is -0.147. The van der Waals surface area contributed by atoms with E-state index in [9.17, 15) is 18.0 Å². The number of ketones is 1. The molecule has 0 unspecified atom stereocenters. The summed E-state index contributed by atoms with van der Waals surface area (Å²) in [6, 6.07) is 6.51. The number of rotatable bonds is 5. The van der Waals surface area contributed by atoms with Crippen LogP contribution in [0, 0.1) is 0 Å². The zero-order chi connectivity index (χ0) is 17.2. The number of nitrogens with zero attached hydrogens (tertiary/aromatic N) is 3. The fourth-order valence-electron chi connectivity index (χ4n) is 1.87. The fraction of sp³-hybridized carbons (Fsp3) is 0.357. The second-order valence-electron chi connectivity index (χ2n) is 4.72. The molecule has 0 spiro atoms. The van der Waals surface area contributed by atoms with Crippen LogP contribution in [0.5, 0.6) is 5.75 Å². The maximum atomic E-state index is 12.7. The molecule has 0 saturated carbocycles. The van der Waals surface area contributed by atoms with E-state index in [0.717, 1.165) is 16.3 Å². The zero-order valence-corrected chi connectivity index (χ0v) is 13.4. The number of hydrogen-bond donors (Lipinski definition) is 0. The van der Waals surface area contributed by atoms with Crippen molar-refractivity contribution in [3.05, 3.63) is 35.7 Å². The highest BCUT2D eigenvalue weighted by Gasteiger charge is 2.37. The molecule has 2 rings (SSSR count). The molecule has 0 N–H and O–H groups in total. The van der Waals surface area contributed by atoms with Gasteiger partial charge in [-0.25, -0.2) is 0 Å². The van der Waals surface area contributed by atoms with Crippen LogP contribution in [0.1, 0.15) is 23.1 Å². The largest absolute Gasteiger partial charge is 0.497 e. The number of alkyl halides is 3. The van der Waals surface area contributed by atoms with Gasteiger partial charge >= 0.3 is 6.18 Å². The Morgan fingerprint density at radius 1 is 1.26 bits per heavy atom. The van der Waals surface area contributed by atoms with Crippen molar-refractivity contribution < 1.29 is 22.7 Å². The Bertz CT molecular complexity index is 698. The van der Waals surface area contributed by atoms with Gasteiger partial charge in [0.15, 0.2) is 10.9 Å². The standard InChI is InChI=1S/C14H14F3N3O2S/c1-8(11(21)9-4-6-10(22-3)7-5-9)23-13-19-18-12(20(13)2)14(15,16)17/h4-8H,1-3H3/t8-/m0/s1. The molecule has 0 saturated heterocycles. The summed E-state index contributed by atoms with van der Waals surface area (Å²) in [5, 5.41) is 6.07. The number of carbonyl (C=O) groups is 1. The minimum atomic E-state index is -4.58. The van der Waals surface area contributed by atoms with Gasteiger partial charge in [-0.3, -0.25) is 4.79 Å². The molecule has 0 aliphatic heterocycles. The van der Waals surface area contributed by atoms with Gasteiger partial charge in [0.25, 0.3) is 0 Å². The average molecular weight is 345 g/mol. The molecule has 0 fully saturated rings. The number of aromatic nitrogens is 3. The third-order valence-electron chi connectivity index (χ3n) is 3.11. The molecule has 9 heteroatoms. The van der Waals surface area contributed by atoms with E-state index >= 15 is 0 Å². The van der Waals surface area contributed by atoms with Crippen LogP contribution >= 0.6 is 11.8 Å².